The topological polar surface area (TPSA) is 447 Å². The Hall–Kier alpha value is 1.22. The van der Waals surface area contributed by atoms with Gasteiger partial charge in [-0.05, 0) is 0 Å². The summed E-state index contributed by atoms with van der Waals surface area (Å²) in [7, 11) is -47.0. The molecule has 34 heteroatoms. The summed E-state index contributed by atoms with van der Waals surface area (Å²) in [6.07, 6.45) is -3.71. The Morgan fingerprint density at radius 2 is 0.886 bits per heavy atom. The highest BCUT2D eigenvalue weighted by molar-refractivity contribution is 7.62. The second kappa shape index (κ2) is 15.4. The summed E-state index contributed by atoms with van der Waals surface area (Å²) in [6.45, 7) is 0.348. The summed E-state index contributed by atoms with van der Waals surface area (Å²) in [6, 6.07) is 0. The van der Waals surface area contributed by atoms with Crippen molar-refractivity contribution in [1.82, 2.24) is 0 Å². The fourth-order valence-corrected chi connectivity index (χ4v) is 17.7. The van der Waals surface area contributed by atoms with E-state index in [0.29, 0.717) is 14.0 Å². The molecule has 0 spiro atoms. The zero-order valence-electron chi connectivity index (χ0n) is 21.8. The molecule has 14 N–H and O–H groups in total. The van der Waals surface area contributed by atoms with Crippen LogP contribution in [0.25, 0.3) is 0 Å². The molecule has 0 bridgehead atoms. The molecule has 0 aromatic rings. The minimum atomic E-state index is -6.30. The minimum Gasteiger partial charge on any atom is -0.398 e. The Morgan fingerprint density at radius 3 is 1.16 bits per heavy atom. The molecule has 44 heavy (non-hydrogen) atoms. The molecular weight excluding hydrogens is 779 g/mol. The van der Waals surface area contributed by atoms with E-state index in [1.807, 2.05) is 0 Å². The zero-order chi connectivity index (χ0) is 35.7. The van der Waals surface area contributed by atoms with Crippen LogP contribution in [0.4, 0.5) is 0 Å². The molecule has 0 heterocycles. The maximum absolute atomic E-state index is 12.6. The summed E-state index contributed by atoms with van der Waals surface area (Å²) >= 11 is 0. The molecule has 0 amide bonds. The summed E-state index contributed by atoms with van der Waals surface area (Å²) < 4.78 is 109. The lowest BCUT2D eigenvalue weighted by Gasteiger charge is -2.37. The maximum Gasteiger partial charge on any atom is 0.495 e. The number of hydrogen-bond donors (Lipinski definition) is 14. The molecular formula is C10H30BO25P8. The van der Waals surface area contributed by atoms with Gasteiger partial charge in [-0.15, -0.1) is 0 Å². The molecule has 0 saturated carbocycles. The van der Waals surface area contributed by atoms with Crippen LogP contribution in [0.5, 0.6) is 0 Å². The van der Waals surface area contributed by atoms with Gasteiger partial charge in [0.05, 0.1) is 35.0 Å². The van der Waals surface area contributed by atoms with E-state index in [4.69, 9.17) is 0 Å². The molecule has 0 saturated heterocycles. The van der Waals surface area contributed by atoms with Crippen LogP contribution >= 0.6 is 60.8 Å². The van der Waals surface area contributed by atoms with Gasteiger partial charge in [-0.25, -0.2) is 0 Å². The van der Waals surface area contributed by atoms with Crippen LogP contribution in [-0.2, 0) is 50.1 Å². The quantitative estimate of drug-likeness (QED) is 0.0487. The zero-order valence-corrected chi connectivity index (χ0v) is 28.9. The molecule has 25 nitrogen and oxygen atoms in total. The van der Waals surface area contributed by atoms with Crippen LogP contribution in [0.3, 0.4) is 0 Å². The molecule has 0 fully saturated rings. The molecule has 1 radical (unpaired) electrons. The fraction of sp³-hybridized carbons (Fsp3) is 1.00. The summed E-state index contributed by atoms with van der Waals surface area (Å²) in [4.78, 5) is 134. The maximum atomic E-state index is 12.6. The molecule has 0 aliphatic rings. The molecule has 263 valence electrons. The Bertz CT molecular complexity index is 1380. The van der Waals surface area contributed by atoms with Crippen LogP contribution in [0.2, 0.25) is 0 Å². The molecule has 0 aliphatic carbocycles. The van der Waals surface area contributed by atoms with Gasteiger partial charge in [0.25, 0.3) is 0 Å². The van der Waals surface area contributed by atoms with Crippen molar-refractivity contribution < 1.29 is 119 Å². The lowest BCUT2D eigenvalue weighted by Crippen LogP contribution is -2.44. The van der Waals surface area contributed by atoms with E-state index >= 15 is 0 Å². The molecule has 0 rings (SSSR count). The Labute approximate surface area is 247 Å². The lowest BCUT2D eigenvalue weighted by molar-refractivity contribution is 0.181. The smallest absolute Gasteiger partial charge is 0.398 e. The van der Waals surface area contributed by atoms with E-state index in [2.05, 4.69) is 13.6 Å². The predicted molar refractivity (Wildman–Crippen MR) is 145 cm³/mol. The molecule has 0 aromatic carbocycles. The number of rotatable bonds is 19. The van der Waals surface area contributed by atoms with E-state index in [1.165, 1.54) is 0 Å². The van der Waals surface area contributed by atoms with Crippen LogP contribution in [-0.4, -0.2) is 130 Å². The van der Waals surface area contributed by atoms with Gasteiger partial charge in [-0.2, -0.15) is 0 Å². The third kappa shape index (κ3) is 14.4. The Kier molecular flexibility index (Phi) is 15.8. The van der Waals surface area contributed by atoms with E-state index < -0.39 is 115 Å². The first-order chi connectivity index (χ1) is 19.0. The van der Waals surface area contributed by atoms with E-state index in [0.717, 1.165) is 0 Å². The fourth-order valence-electron chi connectivity index (χ4n) is 3.50. The van der Waals surface area contributed by atoms with Gasteiger partial charge < -0.3 is 82.1 Å². The highest BCUT2D eigenvalue weighted by atomic mass is 31.2. The average Bonchev–Trinajstić information content (AvgIpc) is 2.73. The first kappa shape index (κ1) is 45.2. The van der Waals surface area contributed by atoms with Crippen LogP contribution < -0.4 is 0 Å². The molecule has 0 aromatic heterocycles. The van der Waals surface area contributed by atoms with Crippen molar-refractivity contribution in [2.24, 2.45) is 0 Å². The van der Waals surface area contributed by atoms with E-state index in [9.17, 15) is 105 Å². The third-order valence-corrected chi connectivity index (χ3v) is 18.0. The van der Waals surface area contributed by atoms with Crippen LogP contribution in [0.1, 0.15) is 6.92 Å². The molecule has 8 unspecified atom stereocenters. The predicted octanol–water partition coefficient (Wildman–Crippen LogP) is -2.17. The van der Waals surface area contributed by atoms with Gasteiger partial charge in [0.2, 0.25) is 0 Å². The first-order valence-corrected chi connectivity index (χ1v) is 24.3. The van der Waals surface area contributed by atoms with Gasteiger partial charge in [0, 0.05) is 7.11 Å². The highest BCUT2D eigenvalue weighted by Crippen LogP contribution is 2.66. The van der Waals surface area contributed by atoms with Crippen molar-refractivity contribution in [3.8, 4) is 0 Å². The van der Waals surface area contributed by atoms with Crippen molar-refractivity contribution in [3.63, 3.8) is 0 Å². The van der Waals surface area contributed by atoms with Gasteiger partial charge in [-0.3, -0.25) is 36.5 Å². The van der Waals surface area contributed by atoms with Gasteiger partial charge in [0.1, 0.15) is 5.66 Å². The Morgan fingerprint density at radius 1 is 0.523 bits per heavy atom. The standard InChI is InChI=1S/C10H30BO25P8/c1-5(39(16,17)18)8(42(25,26)27)9(43(28,29)30)10(44(31,32)33)35-11-36-38(14,15)4-7(41(22,23)24)6(40(19,20)21)3-37(12,13)34-2/h5-10H,3-4H2,1-2H3,(H,12,13)(H,14,15)(H2,16,17,18)(H2,19,20,21)(H2,22,23,24)(H2,25,26,27)(H2,28,29,30)(H2,31,32,33). The summed E-state index contributed by atoms with van der Waals surface area (Å²) in [5.41, 5.74) is -15.3. The largest absolute Gasteiger partial charge is 0.495 e. The first-order valence-electron chi connectivity index (χ1n) is 10.6. The lowest BCUT2D eigenvalue weighted by atomic mass is 10.2. The third-order valence-electron chi connectivity index (χ3n) is 5.61. The highest BCUT2D eigenvalue weighted by Gasteiger charge is 2.60. The van der Waals surface area contributed by atoms with Crippen LogP contribution in [0.15, 0.2) is 0 Å². The Balaban J connectivity index is 6.64. The number of hydrogen-bond acceptors (Lipinski definition) is 11. The second-order valence-corrected chi connectivity index (χ2v) is 23.7. The van der Waals surface area contributed by atoms with Crippen LogP contribution in [0, 0.1) is 0 Å². The summed E-state index contributed by atoms with van der Waals surface area (Å²) in [5, 5.41) is 0. The summed E-state index contributed by atoms with van der Waals surface area (Å²) in [5.74, 6) is -3.52. The van der Waals surface area contributed by atoms with Crippen molar-refractivity contribution >= 4 is 68.5 Å². The van der Waals surface area contributed by atoms with Crippen molar-refractivity contribution in [2.45, 2.75) is 41.1 Å². The van der Waals surface area contributed by atoms with E-state index in [1.54, 1.807) is 0 Å². The van der Waals surface area contributed by atoms with Crippen molar-refractivity contribution in [1.29, 1.82) is 0 Å². The van der Waals surface area contributed by atoms with E-state index in [-0.39, 0.29) is 0 Å². The van der Waals surface area contributed by atoms with Gasteiger partial charge in [0.15, 0.2) is 5.85 Å². The minimum absolute atomic E-state index is 0.348. The van der Waals surface area contributed by atoms with Gasteiger partial charge in [-0.1, -0.05) is 6.92 Å². The van der Waals surface area contributed by atoms with Gasteiger partial charge >= 0.3 is 68.5 Å². The van der Waals surface area contributed by atoms with Crippen molar-refractivity contribution in [2.75, 3.05) is 19.4 Å². The normalized spacial score (nSPS) is 21.3. The average molecular weight is 809 g/mol. The SMILES string of the molecule is COP(=O)(O)CC(C(CP(=O)(O)O[B]OC(C(C(C(C)P(=O)(O)O)P(=O)(O)O)P(=O)(O)O)P(=O)(O)O)P(=O)(O)O)P(=O)(O)O. The molecule has 8 atom stereocenters. The molecule has 0 aliphatic heterocycles. The monoisotopic (exact) mass is 809 g/mol. The second-order valence-electron chi connectivity index (χ2n) is 8.94. The van der Waals surface area contributed by atoms with Crippen molar-refractivity contribution in [3.05, 3.63) is 0 Å².